The molecule has 5 N–H and O–H groups in total. The van der Waals surface area contributed by atoms with E-state index in [1.54, 1.807) is 6.07 Å². The van der Waals surface area contributed by atoms with Gasteiger partial charge in [-0.25, -0.2) is 4.79 Å². The molecule has 0 aliphatic carbocycles. The summed E-state index contributed by atoms with van der Waals surface area (Å²) in [6.45, 7) is 1.96. The second-order valence-electron chi connectivity index (χ2n) is 4.57. The molecule has 0 saturated carbocycles. The van der Waals surface area contributed by atoms with Crippen molar-refractivity contribution >= 4 is 16.7 Å². The summed E-state index contributed by atoms with van der Waals surface area (Å²) >= 11 is 0. The number of carbonyl (C=O) groups is 1. The Balaban J connectivity index is 2.70. The predicted octanol–water partition coefficient (Wildman–Crippen LogP) is 1.56. The van der Waals surface area contributed by atoms with Gasteiger partial charge in [-0.2, -0.15) is 0 Å². The van der Waals surface area contributed by atoms with Crippen molar-refractivity contribution < 1.29 is 9.90 Å². The third kappa shape index (κ3) is 1.96. The van der Waals surface area contributed by atoms with Crippen molar-refractivity contribution in [1.82, 2.24) is 0 Å². The quantitative estimate of drug-likeness (QED) is 0.764. The van der Waals surface area contributed by atoms with Crippen molar-refractivity contribution in [2.24, 2.45) is 11.5 Å². The minimum Gasteiger partial charge on any atom is -0.480 e. The van der Waals surface area contributed by atoms with E-state index >= 15 is 0 Å². The van der Waals surface area contributed by atoms with Crippen molar-refractivity contribution in [2.45, 2.75) is 19.0 Å². The van der Waals surface area contributed by atoms with E-state index in [1.165, 1.54) is 6.92 Å². The van der Waals surface area contributed by atoms with Crippen molar-refractivity contribution in [3.63, 3.8) is 0 Å². The zero-order chi connectivity index (χ0) is 13.3. The van der Waals surface area contributed by atoms with E-state index in [9.17, 15) is 9.90 Å². The molecule has 4 nitrogen and oxygen atoms in total. The second-order valence-corrected chi connectivity index (χ2v) is 4.57. The summed E-state index contributed by atoms with van der Waals surface area (Å²) in [5.41, 5.74) is 11.7. The van der Waals surface area contributed by atoms with Crippen LogP contribution < -0.4 is 11.5 Å². The number of aliphatic carboxylic acids is 1. The summed E-state index contributed by atoms with van der Waals surface area (Å²) in [5, 5.41) is 11.0. The number of nitrogens with two attached hydrogens (primary N) is 2. The van der Waals surface area contributed by atoms with Crippen molar-refractivity contribution in [3.05, 3.63) is 47.5 Å². The van der Waals surface area contributed by atoms with Gasteiger partial charge < -0.3 is 16.6 Å². The molecule has 2 aromatic rings. The monoisotopic (exact) mass is 244 g/mol. The van der Waals surface area contributed by atoms with Gasteiger partial charge >= 0.3 is 5.97 Å². The van der Waals surface area contributed by atoms with Crippen LogP contribution >= 0.6 is 0 Å². The van der Waals surface area contributed by atoms with E-state index in [0.717, 1.165) is 16.3 Å². The number of fused-ring (bicyclic) bond motifs is 1. The molecule has 0 saturated heterocycles. The molecule has 0 unspecified atom stereocenters. The van der Waals surface area contributed by atoms with Crippen LogP contribution in [-0.4, -0.2) is 11.1 Å². The molecule has 0 spiro atoms. The molecule has 0 aliphatic heterocycles. The number of hydrogen-bond acceptors (Lipinski definition) is 3. The van der Waals surface area contributed by atoms with Gasteiger partial charge in [-0.3, -0.25) is 0 Å². The zero-order valence-corrected chi connectivity index (χ0v) is 10.2. The average Bonchev–Trinajstić information content (AvgIpc) is 2.37. The maximum atomic E-state index is 11.2. The van der Waals surface area contributed by atoms with Crippen LogP contribution in [0, 0.1) is 0 Å². The Labute approximate surface area is 105 Å². The summed E-state index contributed by atoms with van der Waals surface area (Å²) < 4.78 is 0. The molecule has 0 fully saturated rings. The Morgan fingerprint density at radius 3 is 2.67 bits per heavy atom. The minimum absolute atomic E-state index is 0.457. The molecule has 0 aliphatic rings. The molecule has 2 rings (SSSR count). The fraction of sp³-hybridized carbons (Fsp3) is 0.214. The van der Waals surface area contributed by atoms with Crippen LogP contribution in [0.15, 0.2) is 36.4 Å². The summed E-state index contributed by atoms with van der Waals surface area (Å²) in [4.78, 5) is 11.2. The molecule has 0 bridgehead atoms. The normalized spacial score (nSPS) is 14.4. The van der Waals surface area contributed by atoms with Crippen LogP contribution in [0.4, 0.5) is 0 Å². The molecule has 1 atom stereocenters. The second kappa shape index (κ2) is 4.40. The number of hydrogen-bond donors (Lipinski definition) is 3. The minimum atomic E-state index is -1.40. The Morgan fingerprint density at radius 2 is 2.06 bits per heavy atom. The molecule has 94 valence electrons. The highest BCUT2D eigenvalue weighted by atomic mass is 16.4. The Kier molecular flexibility index (Phi) is 3.07. The van der Waals surface area contributed by atoms with Gasteiger partial charge in [0.05, 0.1) is 0 Å². The molecular formula is C14H16N2O2. The first-order chi connectivity index (χ1) is 8.46. The molecule has 0 radical (unpaired) electrons. The number of carboxylic acids is 1. The average molecular weight is 244 g/mol. The van der Waals surface area contributed by atoms with Gasteiger partial charge in [-0.1, -0.05) is 30.3 Å². The standard InChI is InChI=1S/C14H16N2O2/c1-14(16,13(17)18)12-4-2-3-10-7-9(8-15)5-6-11(10)12/h2-7H,8,15-16H2,1H3,(H,17,18)/t14-/m1/s1. The molecule has 2 aromatic carbocycles. The topological polar surface area (TPSA) is 89.3 Å². The summed E-state index contributed by atoms with van der Waals surface area (Å²) in [7, 11) is 0. The van der Waals surface area contributed by atoms with Crippen molar-refractivity contribution in [2.75, 3.05) is 0 Å². The smallest absolute Gasteiger partial charge is 0.328 e. The van der Waals surface area contributed by atoms with E-state index < -0.39 is 11.5 Å². The molecule has 18 heavy (non-hydrogen) atoms. The lowest BCUT2D eigenvalue weighted by molar-refractivity contribution is -0.142. The number of carboxylic acid groups (broad SMARTS) is 1. The maximum absolute atomic E-state index is 11.2. The third-order valence-electron chi connectivity index (χ3n) is 3.18. The van der Waals surface area contributed by atoms with Crippen LogP contribution in [0.2, 0.25) is 0 Å². The maximum Gasteiger partial charge on any atom is 0.328 e. The zero-order valence-electron chi connectivity index (χ0n) is 10.2. The number of rotatable bonds is 3. The van der Waals surface area contributed by atoms with Crippen LogP contribution in [0.5, 0.6) is 0 Å². The number of benzene rings is 2. The Bertz CT molecular complexity index is 606. The highest BCUT2D eigenvalue weighted by molar-refractivity contribution is 5.92. The first-order valence-corrected chi connectivity index (χ1v) is 5.71. The fourth-order valence-corrected chi connectivity index (χ4v) is 2.03. The van der Waals surface area contributed by atoms with Crippen LogP contribution in [0.25, 0.3) is 10.8 Å². The molecule has 0 aromatic heterocycles. The first kappa shape index (κ1) is 12.5. The molecule has 0 amide bonds. The lowest BCUT2D eigenvalue weighted by atomic mass is 9.88. The first-order valence-electron chi connectivity index (χ1n) is 5.71. The van der Waals surface area contributed by atoms with Gasteiger partial charge in [-0.15, -0.1) is 0 Å². The highest BCUT2D eigenvalue weighted by Gasteiger charge is 2.31. The lowest BCUT2D eigenvalue weighted by Gasteiger charge is -2.21. The largest absolute Gasteiger partial charge is 0.480 e. The Hall–Kier alpha value is -1.91. The van der Waals surface area contributed by atoms with Gasteiger partial charge in [0.15, 0.2) is 0 Å². The van der Waals surface area contributed by atoms with E-state index in [2.05, 4.69) is 0 Å². The predicted molar refractivity (Wildman–Crippen MR) is 71.0 cm³/mol. The van der Waals surface area contributed by atoms with Crippen molar-refractivity contribution in [3.8, 4) is 0 Å². The fourth-order valence-electron chi connectivity index (χ4n) is 2.03. The van der Waals surface area contributed by atoms with Gasteiger partial charge in [0.1, 0.15) is 5.54 Å². The van der Waals surface area contributed by atoms with E-state index in [4.69, 9.17) is 11.5 Å². The van der Waals surface area contributed by atoms with E-state index in [1.807, 2.05) is 30.3 Å². The van der Waals surface area contributed by atoms with Crippen LogP contribution in [0.1, 0.15) is 18.1 Å². The van der Waals surface area contributed by atoms with Crippen molar-refractivity contribution in [1.29, 1.82) is 0 Å². The lowest BCUT2D eigenvalue weighted by Crippen LogP contribution is -2.41. The summed E-state index contributed by atoms with van der Waals surface area (Å²) in [6.07, 6.45) is 0. The third-order valence-corrected chi connectivity index (χ3v) is 3.18. The van der Waals surface area contributed by atoms with Gasteiger partial charge in [0, 0.05) is 6.54 Å². The highest BCUT2D eigenvalue weighted by Crippen LogP contribution is 2.28. The van der Waals surface area contributed by atoms with Gasteiger partial charge in [0.25, 0.3) is 0 Å². The molecule has 4 heteroatoms. The van der Waals surface area contributed by atoms with Gasteiger partial charge in [-0.05, 0) is 34.9 Å². The summed E-state index contributed by atoms with van der Waals surface area (Å²) in [5.74, 6) is -1.04. The van der Waals surface area contributed by atoms with Gasteiger partial charge in [0.2, 0.25) is 0 Å². The Morgan fingerprint density at radius 1 is 1.33 bits per heavy atom. The summed E-state index contributed by atoms with van der Waals surface area (Å²) in [6, 6.07) is 11.2. The SMILES string of the molecule is C[C@](N)(C(=O)O)c1cccc2cc(CN)ccc12. The van der Waals surface area contributed by atoms with Crippen LogP contribution in [-0.2, 0) is 16.9 Å². The molecular weight excluding hydrogens is 228 g/mol. The van der Waals surface area contributed by atoms with E-state index in [-0.39, 0.29) is 0 Å². The van der Waals surface area contributed by atoms with E-state index in [0.29, 0.717) is 12.1 Å². The van der Waals surface area contributed by atoms with Crippen LogP contribution in [0.3, 0.4) is 0 Å². The molecule has 0 heterocycles.